The molecule has 1 aliphatic heterocycles. The second kappa shape index (κ2) is 6.85. The van der Waals surface area contributed by atoms with E-state index < -0.39 is 0 Å². The molecule has 1 N–H and O–H groups in total. The van der Waals surface area contributed by atoms with Crippen LogP contribution in [0.2, 0.25) is 0 Å². The number of aromatic nitrogens is 2. The van der Waals surface area contributed by atoms with Gasteiger partial charge in [0.15, 0.2) is 0 Å². The van der Waals surface area contributed by atoms with Crippen LogP contribution in [0.5, 0.6) is 0 Å². The summed E-state index contributed by atoms with van der Waals surface area (Å²) in [6.07, 6.45) is 8.94. The van der Waals surface area contributed by atoms with E-state index in [1.54, 1.807) is 0 Å². The molecular weight excluding hydrogens is 236 g/mol. The maximum Gasteiger partial charge on any atom is 0.222 e. The quantitative estimate of drug-likeness (QED) is 0.886. The van der Waals surface area contributed by atoms with Gasteiger partial charge in [0.05, 0.1) is 0 Å². The summed E-state index contributed by atoms with van der Waals surface area (Å²) in [7, 11) is 0. The van der Waals surface area contributed by atoms with E-state index in [2.05, 4.69) is 34.0 Å². The van der Waals surface area contributed by atoms with E-state index in [1.165, 1.54) is 32.2 Å². The molecule has 1 aromatic rings. The zero-order chi connectivity index (χ0) is 13.7. The summed E-state index contributed by atoms with van der Waals surface area (Å²) in [5.41, 5.74) is 1.10. The first-order chi connectivity index (χ1) is 9.16. The second-order valence-corrected chi connectivity index (χ2v) is 5.78. The van der Waals surface area contributed by atoms with Crippen molar-refractivity contribution in [1.29, 1.82) is 0 Å². The summed E-state index contributed by atoms with van der Waals surface area (Å²) < 4.78 is 0. The van der Waals surface area contributed by atoms with E-state index >= 15 is 0 Å². The summed E-state index contributed by atoms with van der Waals surface area (Å²) >= 11 is 0. The monoisotopic (exact) mass is 262 g/mol. The Morgan fingerprint density at radius 1 is 1.32 bits per heavy atom. The fraction of sp³-hybridized carbons (Fsp3) is 0.733. The third-order valence-electron chi connectivity index (χ3n) is 3.88. The van der Waals surface area contributed by atoms with Crippen molar-refractivity contribution in [1.82, 2.24) is 14.9 Å². The van der Waals surface area contributed by atoms with E-state index in [0.717, 1.165) is 18.1 Å². The molecule has 0 unspecified atom stereocenters. The highest BCUT2D eigenvalue weighted by Gasteiger charge is 2.23. The lowest BCUT2D eigenvalue weighted by molar-refractivity contribution is 0.108. The van der Waals surface area contributed by atoms with Gasteiger partial charge in [0.1, 0.15) is 0 Å². The van der Waals surface area contributed by atoms with Crippen molar-refractivity contribution in [2.75, 3.05) is 18.4 Å². The summed E-state index contributed by atoms with van der Waals surface area (Å²) in [5, 5.41) is 3.33. The molecule has 2 heterocycles. The predicted molar refractivity (Wildman–Crippen MR) is 79.4 cm³/mol. The Labute approximate surface area is 116 Å². The maximum absolute atomic E-state index is 4.28. The average Bonchev–Trinajstić information content (AvgIpc) is 2.41. The van der Waals surface area contributed by atoms with Crippen molar-refractivity contribution >= 4 is 5.95 Å². The minimum atomic E-state index is 0.654. The van der Waals surface area contributed by atoms with Crippen LogP contribution < -0.4 is 5.32 Å². The van der Waals surface area contributed by atoms with Crippen LogP contribution >= 0.6 is 0 Å². The molecule has 2 rings (SSSR count). The molecule has 0 aromatic carbocycles. The standard InChI is InChI=1S/C15H26N4/c1-12(2)19-9-5-4-6-14(19)7-8-16-15-17-10-13(3)11-18-15/h10-12,14H,4-9H2,1-3H3,(H,16,17,18)/t14-/m1/s1. The van der Waals surface area contributed by atoms with Gasteiger partial charge in [-0.3, -0.25) is 4.90 Å². The van der Waals surface area contributed by atoms with E-state index in [0.29, 0.717) is 12.1 Å². The minimum absolute atomic E-state index is 0.654. The Morgan fingerprint density at radius 3 is 2.74 bits per heavy atom. The molecule has 1 aromatic heterocycles. The smallest absolute Gasteiger partial charge is 0.222 e. The molecule has 0 bridgehead atoms. The number of piperidine rings is 1. The number of nitrogens with one attached hydrogen (secondary N) is 1. The molecule has 0 spiro atoms. The number of aryl methyl sites for hydroxylation is 1. The van der Waals surface area contributed by atoms with Gasteiger partial charge in [0.25, 0.3) is 0 Å². The van der Waals surface area contributed by atoms with Crippen molar-refractivity contribution < 1.29 is 0 Å². The van der Waals surface area contributed by atoms with Crippen LogP contribution in [0.4, 0.5) is 5.95 Å². The Hall–Kier alpha value is -1.16. The molecule has 0 aliphatic carbocycles. The molecule has 1 saturated heterocycles. The molecule has 4 heteroatoms. The zero-order valence-electron chi connectivity index (χ0n) is 12.4. The normalized spacial score (nSPS) is 20.7. The number of hydrogen-bond donors (Lipinski definition) is 1. The highest BCUT2D eigenvalue weighted by molar-refractivity contribution is 5.23. The van der Waals surface area contributed by atoms with Crippen LogP contribution in [0.15, 0.2) is 12.4 Å². The lowest BCUT2D eigenvalue weighted by Gasteiger charge is -2.38. The van der Waals surface area contributed by atoms with Crippen molar-refractivity contribution in [2.45, 2.75) is 58.5 Å². The predicted octanol–water partition coefficient (Wildman–Crippen LogP) is 2.85. The van der Waals surface area contributed by atoms with Gasteiger partial charge in [0, 0.05) is 31.0 Å². The maximum atomic E-state index is 4.28. The largest absolute Gasteiger partial charge is 0.354 e. The van der Waals surface area contributed by atoms with Gasteiger partial charge in [-0.05, 0) is 52.1 Å². The van der Waals surface area contributed by atoms with E-state index in [9.17, 15) is 0 Å². The van der Waals surface area contributed by atoms with E-state index in [1.807, 2.05) is 19.3 Å². The van der Waals surface area contributed by atoms with E-state index in [-0.39, 0.29) is 0 Å². The van der Waals surface area contributed by atoms with Crippen LogP contribution in [0, 0.1) is 6.92 Å². The minimum Gasteiger partial charge on any atom is -0.354 e. The topological polar surface area (TPSA) is 41.1 Å². The van der Waals surface area contributed by atoms with Gasteiger partial charge >= 0.3 is 0 Å². The van der Waals surface area contributed by atoms with E-state index in [4.69, 9.17) is 0 Å². The zero-order valence-corrected chi connectivity index (χ0v) is 12.4. The van der Waals surface area contributed by atoms with Crippen LogP contribution in [0.3, 0.4) is 0 Å². The van der Waals surface area contributed by atoms with Gasteiger partial charge in [-0.1, -0.05) is 6.42 Å². The van der Waals surface area contributed by atoms with Crippen LogP contribution in [-0.4, -0.2) is 40.0 Å². The molecule has 1 atom stereocenters. The molecule has 106 valence electrons. The van der Waals surface area contributed by atoms with Gasteiger partial charge in [-0.2, -0.15) is 0 Å². The van der Waals surface area contributed by atoms with Gasteiger partial charge in [0.2, 0.25) is 5.95 Å². The van der Waals surface area contributed by atoms with Crippen LogP contribution in [0.25, 0.3) is 0 Å². The Balaban J connectivity index is 1.79. The molecule has 19 heavy (non-hydrogen) atoms. The first-order valence-electron chi connectivity index (χ1n) is 7.45. The third-order valence-corrected chi connectivity index (χ3v) is 3.88. The average molecular weight is 262 g/mol. The van der Waals surface area contributed by atoms with Crippen molar-refractivity contribution in [3.8, 4) is 0 Å². The fourth-order valence-electron chi connectivity index (χ4n) is 2.85. The molecule has 1 aliphatic rings. The molecule has 0 amide bonds. The van der Waals surface area contributed by atoms with Gasteiger partial charge in [-0.15, -0.1) is 0 Å². The lowest BCUT2D eigenvalue weighted by Crippen LogP contribution is -2.44. The number of hydrogen-bond acceptors (Lipinski definition) is 4. The Bertz CT molecular complexity index is 374. The summed E-state index contributed by atoms with van der Waals surface area (Å²) in [6.45, 7) is 8.82. The number of anilines is 1. The number of nitrogens with zero attached hydrogens (tertiary/aromatic N) is 3. The SMILES string of the molecule is Cc1cnc(NCC[C@H]2CCCCN2C(C)C)nc1. The van der Waals surface area contributed by atoms with Crippen molar-refractivity contribution in [2.24, 2.45) is 0 Å². The summed E-state index contributed by atoms with van der Waals surface area (Å²) in [6, 6.07) is 1.37. The summed E-state index contributed by atoms with van der Waals surface area (Å²) in [5.74, 6) is 0.748. The fourth-order valence-corrected chi connectivity index (χ4v) is 2.85. The highest BCUT2D eigenvalue weighted by atomic mass is 15.2. The lowest BCUT2D eigenvalue weighted by atomic mass is 9.98. The number of rotatable bonds is 5. The highest BCUT2D eigenvalue weighted by Crippen LogP contribution is 2.21. The number of likely N-dealkylation sites (tertiary alicyclic amines) is 1. The Morgan fingerprint density at radius 2 is 2.05 bits per heavy atom. The first-order valence-corrected chi connectivity index (χ1v) is 7.45. The molecular formula is C15H26N4. The third kappa shape index (κ3) is 4.16. The molecule has 1 fully saturated rings. The Kier molecular flexibility index (Phi) is 5.14. The molecule has 4 nitrogen and oxygen atoms in total. The van der Waals surface area contributed by atoms with Gasteiger partial charge in [-0.25, -0.2) is 9.97 Å². The second-order valence-electron chi connectivity index (χ2n) is 5.78. The molecule has 0 saturated carbocycles. The summed E-state index contributed by atoms with van der Waals surface area (Å²) in [4.78, 5) is 11.2. The van der Waals surface area contributed by atoms with Crippen LogP contribution in [0.1, 0.15) is 45.1 Å². The first kappa shape index (κ1) is 14.3. The molecule has 0 radical (unpaired) electrons. The van der Waals surface area contributed by atoms with Crippen molar-refractivity contribution in [3.05, 3.63) is 18.0 Å². The van der Waals surface area contributed by atoms with Gasteiger partial charge < -0.3 is 5.32 Å². The van der Waals surface area contributed by atoms with Crippen molar-refractivity contribution in [3.63, 3.8) is 0 Å². The van der Waals surface area contributed by atoms with Crippen LogP contribution in [-0.2, 0) is 0 Å².